The van der Waals surface area contributed by atoms with Gasteiger partial charge in [-0.2, -0.15) is 0 Å². The highest BCUT2D eigenvalue weighted by molar-refractivity contribution is 5.95. The van der Waals surface area contributed by atoms with E-state index in [1.54, 1.807) is 0 Å². The predicted molar refractivity (Wildman–Crippen MR) is 172 cm³/mol. The largest absolute Gasteiger partial charge is 0.309 e. The van der Waals surface area contributed by atoms with E-state index in [2.05, 4.69) is 141 Å². The Kier molecular flexibility index (Phi) is 4.95. The molecule has 1 heterocycles. The molecule has 0 atom stereocenters. The maximum absolute atomic E-state index is 4.51. The second-order valence-corrected chi connectivity index (χ2v) is 12.5. The number of hydrogen-bond donors (Lipinski definition) is 0. The zero-order valence-corrected chi connectivity index (χ0v) is 23.9. The minimum Gasteiger partial charge on any atom is -0.309 e. The molecule has 0 saturated heterocycles. The van der Waals surface area contributed by atoms with Crippen LogP contribution in [0.5, 0.6) is 0 Å². The van der Waals surface area contributed by atoms with Crippen molar-refractivity contribution in [3.63, 3.8) is 0 Å². The van der Waals surface area contributed by atoms with Crippen molar-refractivity contribution in [2.75, 3.05) is 4.90 Å². The number of nitrogens with zero attached hydrogens (tertiary/aromatic N) is 2. The Bertz CT molecular complexity index is 2000. The molecule has 41 heavy (non-hydrogen) atoms. The number of hydrogen-bond acceptors (Lipinski definition) is 2. The van der Waals surface area contributed by atoms with Gasteiger partial charge in [-0.25, -0.2) is 0 Å². The third-order valence-electron chi connectivity index (χ3n) is 9.51. The molecule has 0 saturated carbocycles. The molecule has 198 valence electrons. The van der Waals surface area contributed by atoms with Gasteiger partial charge in [0.15, 0.2) is 0 Å². The van der Waals surface area contributed by atoms with Crippen LogP contribution in [-0.2, 0) is 10.8 Å². The van der Waals surface area contributed by atoms with Crippen LogP contribution in [0.4, 0.5) is 17.1 Å². The Labute approximate surface area is 241 Å². The summed E-state index contributed by atoms with van der Waals surface area (Å²) in [6.45, 7) is 9.39. The Balaban J connectivity index is 1.32. The van der Waals surface area contributed by atoms with Crippen LogP contribution in [0.25, 0.3) is 33.0 Å². The molecule has 0 unspecified atom stereocenters. The lowest BCUT2D eigenvalue weighted by atomic mass is 9.82. The Morgan fingerprint density at radius 3 is 1.85 bits per heavy atom. The first-order valence-electron chi connectivity index (χ1n) is 14.5. The summed E-state index contributed by atoms with van der Waals surface area (Å²) in [5.74, 6) is 0. The van der Waals surface area contributed by atoms with Crippen molar-refractivity contribution in [2.24, 2.45) is 0 Å². The lowest BCUT2D eigenvalue weighted by Crippen LogP contribution is -2.17. The number of anilines is 3. The molecule has 0 amide bonds. The number of pyridine rings is 1. The summed E-state index contributed by atoms with van der Waals surface area (Å²) >= 11 is 0. The molecule has 0 radical (unpaired) electrons. The van der Waals surface area contributed by atoms with Crippen LogP contribution in [0.3, 0.4) is 0 Å². The van der Waals surface area contributed by atoms with Gasteiger partial charge in [0.2, 0.25) is 0 Å². The van der Waals surface area contributed by atoms with Gasteiger partial charge < -0.3 is 4.90 Å². The van der Waals surface area contributed by atoms with E-state index < -0.39 is 0 Å². The van der Waals surface area contributed by atoms with Crippen LogP contribution in [0.15, 0.2) is 122 Å². The Hall–Kier alpha value is -4.69. The molecule has 0 bridgehead atoms. The van der Waals surface area contributed by atoms with Crippen molar-refractivity contribution in [3.8, 4) is 22.3 Å². The maximum atomic E-state index is 4.51. The maximum Gasteiger partial charge on any atom is 0.0644 e. The summed E-state index contributed by atoms with van der Waals surface area (Å²) in [6, 6.07) is 40.4. The van der Waals surface area contributed by atoms with Crippen LogP contribution in [0.1, 0.15) is 49.9 Å². The molecular formula is C39H32N2. The van der Waals surface area contributed by atoms with Crippen molar-refractivity contribution in [1.29, 1.82) is 0 Å². The third-order valence-corrected chi connectivity index (χ3v) is 9.51. The number of aromatic nitrogens is 1. The number of rotatable bonds is 3. The molecule has 2 aliphatic carbocycles. The SMILES string of the molecule is CC1(C)c2ccccc2-c2ccc(N(c3cccnc3)c3ccc4c(c3)-c3cc5ccccc5cc3C4(C)C)cc21. The number of benzene rings is 5. The lowest BCUT2D eigenvalue weighted by molar-refractivity contribution is 0.660. The van der Waals surface area contributed by atoms with Gasteiger partial charge in [0.25, 0.3) is 0 Å². The van der Waals surface area contributed by atoms with Crippen molar-refractivity contribution >= 4 is 27.8 Å². The van der Waals surface area contributed by atoms with Crippen LogP contribution in [0.2, 0.25) is 0 Å². The summed E-state index contributed by atoms with van der Waals surface area (Å²) in [7, 11) is 0. The van der Waals surface area contributed by atoms with E-state index in [9.17, 15) is 0 Å². The fourth-order valence-corrected chi connectivity index (χ4v) is 7.33. The van der Waals surface area contributed by atoms with Crippen molar-refractivity contribution in [1.82, 2.24) is 4.98 Å². The van der Waals surface area contributed by atoms with E-state index in [1.165, 1.54) is 55.3 Å². The smallest absolute Gasteiger partial charge is 0.0644 e. The molecule has 0 aliphatic heterocycles. The highest BCUT2D eigenvalue weighted by Gasteiger charge is 2.37. The van der Waals surface area contributed by atoms with E-state index in [1.807, 2.05) is 18.5 Å². The van der Waals surface area contributed by atoms with Crippen molar-refractivity contribution < 1.29 is 0 Å². The summed E-state index contributed by atoms with van der Waals surface area (Å²) in [4.78, 5) is 6.87. The van der Waals surface area contributed by atoms with Gasteiger partial charge in [-0.1, -0.05) is 88.4 Å². The topological polar surface area (TPSA) is 16.1 Å². The van der Waals surface area contributed by atoms with Crippen molar-refractivity contribution in [3.05, 3.63) is 144 Å². The summed E-state index contributed by atoms with van der Waals surface area (Å²) in [5.41, 5.74) is 14.1. The minimum absolute atomic E-state index is 0.0598. The highest BCUT2D eigenvalue weighted by atomic mass is 15.1. The first kappa shape index (κ1) is 24.1. The average Bonchev–Trinajstić information content (AvgIpc) is 3.36. The van der Waals surface area contributed by atoms with Crippen LogP contribution in [0, 0.1) is 0 Å². The summed E-state index contributed by atoms with van der Waals surface area (Å²) in [5, 5.41) is 2.58. The van der Waals surface area contributed by atoms with Gasteiger partial charge in [0, 0.05) is 28.4 Å². The fourth-order valence-electron chi connectivity index (χ4n) is 7.33. The zero-order valence-electron chi connectivity index (χ0n) is 23.9. The molecule has 2 nitrogen and oxygen atoms in total. The summed E-state index contributed by atoms with van der Waals surface area (Å²) < 4.78 is 0. The lowest BCUT2D eigenvalue weighted by Gasteiger charge is -2.28. The van der Waals surface area contributed by atoms with Crippen LogP contribution >= 0.6 is 0 Å². The number of fused-ring (bicyclic) bond motifs is 7. The predicted octanol–water partition coefficient (Wildman–Crippen LogP) is 10.3. The molecule has 0 fully saturated rings. The molecule has 8 rings (SSSR count). The van der Waals surface area contributed by atoms with E-state index in [0.29, 0.717) is 0 Å². The van der Waals surface area contributed by atoms with Gasteiger partial charge >= 0.3 is 0 Å². The van der Waals surface area contributed by atoms with Crippen molar-refractivity contribution in [2.45, 2.75) is 38.5 Å². The first-order valence-corrected chi connectivity index (χ1v) is 14.5. The molecule has 2 heteroatoms. The molecule has 5 aromatic carbocycles. The van der Waals surface area contributed by atoms with E-state index >= 15 is 0 Å². The van der Waals surface area contributed by atoms with Gasteiger partial charge in [0.1, 0.15) is 0 Å². The third kappa shape index (κ3) is 3.40. The van der Waals surface area contributed by atoms with Gasteiger partial charge in [0.05, 0.1) is 11.9 Å². The second kappa shape index (κ2) is 8.41. The molecule has 0 N–H and O–H groups in total. The quantitative estimate of drug-likeness (QED) is 0.227. The molecule has 1 aromatic heterocycles. The monoisotopic (exact) mass is 528 g/mol. The molecule has 0 spiro atoms. The summed E-state index contributed by atoms with van der Waals surface area (Å²) in [6.07, 6.45) is 3.81. The molecule has 2 aliphatic rings. The van der Waals surface area contributed by atoms with E-state index in [4.69, 9.17) is 0 Å². The standard InChI is InChI=1S/C39H32N2/c1-38(2)34-14-8-7-13-30(34)31-17-15-28(23-37(31)38)41(29-12-9-19-40-24-29)27-16-18-35-33(22-27)32-20-25-10-5-6-11-26(25)21-36(32)39(35,3)4/h5-24H,1-4H3. The second-order valence-electron chi connectivity index (χ2n) is 12.5. The first-order chi connectivity index (χ1) is 19.8. The Morgan fingerprint density at radius 1 is 0.463 bits per heavy atom. The van der Waals surface area contributed by atoms with E-state index in [0.717, 1.165) is 17.1 Å². The normalized spacial score (nSPS) is 15.2. The van der Waals surface area contributed by atoms with Gasteiger partial charge in [-0.05, 0) is 104 Å². The average molecular weight is 529 g/mol. The fraction of sp³-hybridized carbons (Fsp3) is 0.154. The van der Waals surface area contributed by atoms with Crippen LogP contribution < -0.4 is 4.90 Å². The van der Waals surface area contributed by atoms with Gasteiger partial charge in [-0.15, -0.1) is 0 Å². The zero-order chi connectivity index (χ0) is 27.9. The minimum atomic E-state index is -0.0650. The molecule has 6 aromatic rings. The molecular weight excluding hydrogens is 496 g/mol. The Morgan fingerprint density at radius 2 is 1.07 bits per heavy atom. The van der Waals surface area contributed by atoms with Crippen LogP contribution in [-0.4, -0.2) is 4.98 Å². The highest BCUT2D eigenvalue weighted by Crippen LogP contribution is 2.53. The van der Waals surface area contributed by atoms with Gasteiger partial charge in [-0.3, -0.25) is 4.98 Å². The van der Waals surface area contributed by atoms with E-state index in [-0.39, 0.29) is 10.8 Å².